The Balaban J connectivity index is 4.39. The molecule has 0 heterocycles. The molecule has 0 aliphatic rings. The molecule has 6 nitrogen and oxygen atoms in total. The van der Waals surface area contributed by atoms with Gasteiger partial charge in [-0.15, -0.1) is 0 Å². The molecule has 0 saturated carbocycles. The zero-order chi connectivity index (χ0) is 18.4. The lowest BCUT2D eigenvalue weighted by atomic mass is 10.1. The van der Waals surface area contributed by atoms with E-state index in [1.54, 1.807) is 0 Å². The maximum atomic E-state index is 11.8. The van der Waals surface area contributed by atoms with Crippen LogP contribution >= 0.6 is 0 Å². The van der Waals surface area contributed by atoms with E-state index in [4.69, 9.17) is 14.2 Å². The van der Waals surface area contributed by atoms with Gasteiger partial charge in [0.2, 0.25) is 0 Å². The molecule has 0 aromatic carbocycles. The second-order valence-corrected chi connectivity index (χ2v) is 6.28. The van der Waals surface area contributed by atoms with Gasteiger partial charge in [-0.2, -0.15) is 0 Å². The van der Waals surface area contributed by atoms with E-state index in [1.165, 1.54) is 0 Å². The Bertz CT molecular complexity index is 354. The standard InChI is InChI=1S/C18H32O6/c1-5-7-9-16(19)22-12-15(24-18(21)11-14(3)4)13-23-17(20)10-8-6-2/h14-15H,5-13H2,1-4H3. The molecule has 0 spiro atoms. The van der Waals surface area contributed by atoms with E-state index in [0.29, 0.717) is 12.8 Å². The van der Waals surface area contributed by atoms with E-state index in [-0.39, 0.29) is 43.5 Å². The van der Waals surface area contributed by atoms with Crippen LogP contribution in [0.5, 0.6) is 0 Å². The summed E-state index contributed by atoms with van der Waals surface area (Å²) < 4.78 is 15.5. The average molecular weight is 344 g/mol. The van der Waals surface area contributed by atoms with Gasteiger partial charge < -0.3 is 14.2 Å². The number of hydrogen-bond acceptors (Lipinski definition) is 6. The number of unbranched alkanes of at least 4 members (excludes halogenated alkanes) is 2. The van der Waals surface area contributed by atoms with Crippen LogP contribution in [-0.2, 0) is 28.6 Å². The maximum Gasteiger partial charge on any atom is 0.306 e. The molecule has 0 unspecified atom stereocenters. The van der Waals surface area contributed by atoms with Crippen LogP contribution in [0.15, 0.2) is 0 Å². The average Bonchev–Trinajstić information content (AvgIpc) is 2.52. The van der Waals surface area contributed by atoms with Crippen LogP contribution in [0.25, 0.3) is 0 Å². The highest BCUT2D eigenvalue weighted by Gasteiger charge is 2.19. The number of carbonyl (C=O) groups excluding carboxylic acids is 3. The van der Waals surface area contributed by atoms with Crippen molar-refractivity contribution >= 4 is 17.9 Å². The molecule has 0 radical (unpaired) electrons. The Morgan fingerprint density at radius 2 is 1.25 bits per heavy atom. The molecule has 0 bridgehead atoms. The summed E-state index contributed by atoms with van der Waals surface area (Å²) in [4.78, 5) is 35.0. The van der Waals surface area contributed by atoms with Crippen LogP contribution in [0, 0.1) is 5.92 Å². The van der Waals surface area contributed by atoms with E-state index in [1.807, 2.05) is 27.7 Å². The Hall–Kier alpha value is -1.59. The molecule has 0 rings (SSSR count). The number of ether oxygens (including phenoxy) is 3. The number of esters is 3. The molecule has 0 saturated heterocycles. The molecule has 0 atom stereocenters. The quantitative estimate of drug-likeness (QED) is 0.376. The first kappa shape index (κ1) is 22.4. The van der Waals surface area contributed by atoms with E-state index in [2.05, 4.69) is 0 Å². The molecule has 0 aromatic rings. The predicted molar refractivity (Wildman–Crippen MR) is 90.3 cm³/mol. The van der Waals surface area contributed by atoms with Crippen LogP contribution < -0.4 is 0 Å². The highest BCUT2D eigenvalue weighted by atomic mass is 16.6. The molecule has 24 heavy (non-hydrogen) atoms. The first-order valence-electron chi connectivity index (χ1n) is 8.89. The van der Waals surface area contributed by atoms with Crippen LogP contribution in [0.4, 0.5) is 0 Å². The molecule has 0 aliphatic heterocycles. The molecule has 140 valence electrons. The van der Waals surface area contributed by atoms with Crippen molar-refractivity contribution < 1.29 is 28.6 Å². The van der Waals surface area contributed by atoms with Crippen molar-refractivity contribution in [1.82, 2.24) is 0 Å². The monoisotopic (exact) mass is 344 g/mol. The van der Waals surface area contributed by atoms with E-state index >= 15 is 0 Å². The highest BCUT2D eigenvalue weighted by molar-refractivity contribution is 5.71. The summed E-state index contributed by atoms with van der Waals surface area (Å²) in [6, 6.07) is 0. The third-order valence-electron chi connectivity index (χ3n) is 3.20. The zero-order valence-electron chi connectivity index (χ0n) is 15.5. The van der Waals surface area contributed by atoms with Crippen molar-refractivity contribution in [2.75, 3.05) is 13.2 Å². The molecular formula is C18H32O6. The number of rotatable bonds is 13. The molecule has 0 aromatic heterocycles. The lowest BCUT2D eigenvalue weighted by Crippen LogP contribution is -2.31. The SMILES string of the molecule is CCCCC(=O)OCC(COC(=O)CCCC)OC(=O)CC(C)C. The fourth-order valence-corrected chi connectivity index (χ4v) is 1.84. The smallest absolute Gasteiger partial charge is 0.306 e. The zero-order valence-corrected chi connectivity index (χ0v) is 15.5. The van der Waals surface area contributed by atoms with Gasteiger partial charge in [0.1, 0.15) is 13.2 Å². The normalized spacial score (nSPS) is 10.8. The fourth-order valence-electron chi connectivity index (χ4n) is 1.84. The van der Waals surface area contributed by atoms with Crippen molar-refractivity contribution in [2.45, 2.75) is 78.7 Å². The summed E-state index contributed by atoms with van der Waals surface area (Å²) in [5.74, 6) is -0.889. The van der Waals surface area contributed by atoms with E-state index in [9.17, 15) is 14.4 Å². The third-order valence-corrected chi connectivity index (χ3v) is 3.20. The largest absolute Gasteiger partial charge is 0.462 e. The van der Waals surface area contributed by atoms with Crippen LogP contribution in [0.1, 0.15) is 72.6 Å². The molecular weight excluding hydrogens is 312 g/mol. The van der Waals surface area contributed by atoms with Gasteiger partial charge in [0.05, 0.1) is 0 Å². The third kappa shape index (κ3) is 12.9. The highest BCUT2D eigenvalue weighted by Crippen LogP contribution is 2.07. The van der Waals surface area contributed by atoms with Crippen molar-refractivity contribution in [1.29, 1.82) is 0 Å². The molecule has 0 aliphatic carbocycles. The Kier molecular flexibility index (Phi) is 12.9. The first-order chi connectivity index (χ1) is 11.4. The van der Waals surface area contributed by atoms with Crippen molar-refractivity contribution in [3.05, 3.63) is 0 Å². The first-order valence-corrected chi connectivity index (χ1v) is 8.89. The Morgan fingerprint density at radius 3 is 1.62 bits per heavy atom. The minimum atomic E-state index is -0.757. The molecule has 6 heteroatoms. The summed E-state index contributed by atoms with van der Waals surface area (Å²) in [7, 11) is 0. The van der Waals surface area contributed by atoms with Crippen LogP contribution in [0.3, 0.4) is 0 Å². The topological polar surface area (TPSA) is 78.9 Å². The Labute approximate surface area is 145 Å². The van der Waals surface area contributed by atoms with Gasteiger partial charge in [-0.1, -0.05) is 40.5 Å². The molecule has 0 amide bonds. The van der Waals surface area contributed by atoms with Crippen molar-refractivity contribution in [3.63, 3.8) is 0 Å². The summed E-state index contributed by atoms with van der Waals surface area (Å²) in [6.45, 7) is 7.61. The lowest BCUT2D eigenvalue weighted by Gasteiger charge is -2.18. The number of carbonyl (C=O) groups is 3. The lowest BCUT2D eigenvalue weighted by molar-refractivity contribution is -0.167. The van der Waals surface area contributed by atoms with Gasteiger partial charge in [-0.3, -0.25) is 14.4 Å². The minimum absolute atomic E-state index is 0.0898. The fraction of sp³-hybridized carbons (Fsp3) is 0.833. The summed E-state index contributed by atoms with van der Waals surface area (Å²) in [5.41, 5.74) is 0. The van der Waals surface area contributed by atoms with E-state index in [0.717, 1.165) is 25.7 Å². The molecule has 0 fully saturated rings. The van der Waals surface area contributed by atoms with Crippen LogP contribution in [-0.4, -0.2) is 37.2 Å². The minimum Gasteiger partial charge on any atom is -0.462 e. The number of hydrogen-bond donors (Lipinski definition) is 0. The Morgan fingerprint density at radius 1 is 0.792 bits per heavy atom. The van der Waals surface area contributed by atoms with Gasteiger partial charge >= 0.3 is 17.9 Å². The van der Waals surface area contributed by atoms with Crippen molar-refractivity contribution in [3.8, 4) is 0 Å². The predicted octanol–water partition coefficient (Wildman–Crippen LogP) is 3.41. The second-order valence-electron chi connectivity index (χ2n) is 6.28. The van der Waals surface area contributed by atoms with Gasteiger partial charge in [-0.25, -0.2) is 0 Å². The van der Waals surface area contributed by atoms with Crippen molar-refractivity contribution in [2.24, 2.45) is 5.92 Å². The van der Waals surface area contributed by atoms with Gasteiger partial charge in [-0.05, 0) is 18.8 Å². The van der Waals surface area contributed by atoms with Gasteiger partial charge in [0.25, 0.3) is 0 Å². The summed E-state index contributed by atoms with van der Waals surface area (Å²) in [5, 5.41) is 0. The summed E-state index contributed by atoms with van der Waals surface area (Å²) >= 11 is 0. The second kappa shape index (κ2) is 13.8. The van der Waals surface area contributed by atoms with Crippen LogP contribution in [0.2, 0.25) is 0 Å². The van der Waals surface area contributed by atoms with Gasteiger partial charge in [0, 0.05) is 19.3 Å². The van der Waals surface area contributed by atoms with E-state index < -0.39 is 6.10 Å². The summed E-state index contributed by atoms with van der Waals surface area (Å²) in [6.07, 6.45) is 3.48. The molecule has 0 N–H and O–H groups in total. The van der Waals surface area contributed by atoms with Gasteiger partial charge in [0.15, 0.2) is 6.10 Å². The maximum absolute atomic E-state index is 11.8.